The van der Waals surface area contributed by atoms with Crippen molar-refractivity contribution in [1.29, 1.82) is 0 Å². The highest BCUT2D eigenvalue weighted by Crippen LogP contribution is 2.21. The number of nitrogens with two attached hydrogens (primary N) is 1. The highest BCUT2D eigenvalue weighted by Gasteiger charge is 2.26. The number of nitrogens with zero attached hydrogens (tertiary/aromatic N) is 2. The van der Waals surface area contributed by atoms with E-state index < -0.39 is 11.2 Å². The van der Waals surface area contributed by atoms with E-state index in [4.69, 9.17) is 5.73 Å². The molecule has 2 rings (SSSR count). The molecular weight excluding hydrogens is 296 g/mol. The fourth-order valence-electron chi connectivity index (χ4n) is 3.51. The number of anilines is 1. The topological polar surface area (TPSA) is 101 Å². The normalized spacial score (nSPS) is 22.2. The van der Waals surface area contributed by atoms with Crippen LogP contribution in [0.15, 0.2) is 9.59 Å². The third-order valence-corrected chi connectivity index (χ3v) is 4.28. The Kier molecular flexibility index (Phi) is 5.41. The lowest BCUT2D eigenvalue weighted by Gasteiger charge is -2.34. The smallest absolute Gasteiger partial charge is 0.329 e. The molecule has 0 aromatic carbocycles. The Morgan fingerprint density at radius 3 is 2.43 bits per heavy atom. The summed E-state index contributed by atoms with van der Waals surface area (Å²) in [5.41, 5.74) is 4.59. The molecule has 0 saturated carbocycles. The fourth-order valence-corrected chi connectivity index (χ4v) is 3.51. The van der Waals surface area contributed by atoms with E-state index in [0.717, 1.165) is 19.5 Å². The van der Waals surface area contributed by atoms with Crippen LogP contribution in [0.1, 0.15) is 44.0 Å². The van der Waals surface area contributed by atoms with Gasteiger partial charge in [0.05, 0.1) is 6.54 Å². The molecule has 0 bridgehead atoms. The summed E-state index contributed by atoms with van der Waals surface area (Å²) in [6, 6.07) is 0. The second-order valence-electron chi connectivity index (χ2n) is 6.73. The van der Waals surface area contributed by atoms with E-state index in [1.165, 1.54) is 4.57 Å². The predicted octanol–water partition coefficient (Wildman–Crippen LogP) is 0.689. The van der Waals surface area contributed by atoms with Gasteiger partial charge in [0.1, 0.15) is 11.4 Å². The van der Waals surface area contributed by atoms with Crippen molar-refractivity contribution < 1.29 is 4.79 Å². The van der Waals surface area contributed by atoms with Crippen molar-refractivity contribution in [2.75, 3.05) is 25.4 Å². The van der Waals surface area contributed by atoms with Crippen molar-refractivity contribution in [3.8, 4) is 0 Å². The van der Waals surface area contributed by atoms with Crippen LogP contribution in [-0.2, 0) is 6.54 Å². The van der Waals surface area contributed by atoms with Gasteiger partial charge >= 0.3 is 5.69 Å². The monoisotopic (exact) mass is 322 g/mol. The lowest BCUT2D eigenvalue weighted by molar-refractivity contribution is 0.0848. The van der Waals surface area contributed by atoms with Gasteiger partial charge in [-0.05, 0) is 24.7 Å². The first-order chi connectivity index (χ1) is 10.8. The van der Waals surface area contributed by atoms with E-state index in [9.17, 15) is 14.4 Å². The van der Waals surface area contributed by atoms with E-state index in [1.54, 1.807) is 0 Å². The number of H-pyrrole nitrogens is 1. The Labute approximate surface area is 135 Å². The largest absolute Gasteiger partial charge is 0.384 e. The van der Waals surface area contributed by atoms with Gasteiger partial charge in [-0.15, -0.1) is 0 Å². The number of aromatic nitrogens is 2. The number of Topliss-reactive ketones (excluding diaryl/α,β-unsaturated/α-hetero) is 1. The third-order valence-electron chi connectivity index (χ3n) is 4.28. The number of hydrogen-bond acceptors (Lipinski definition) is 5. The summed E-state index contributed by atoms with van der Waals surface area (Å²) in [4.78, 5) is 40.7. The molecule has 0 amide bonds. The molecule has 2 heterocycles. The van der Waals surface area contributed by atoms with Crippen molar-refractivity contribution in [3.63, 3.8) is 0 Å². The molecule has 1 aromatic heterocycles. The molecule has 0 aliphatic carbocycles. The van der Waals surface area contributed by atoms with Crippen LogP contribution in [0.25, 0.3) is 0 Å². The zero-order valence-corrected chi connectivity index (χ0v) is 14.1. The van der Waals surface area contributed by atoms with Crippen molar-refractivity contribution in [1.82, 2.24) is 14.5 Å². The molecule has 128 valence electrons. The Balaban J connectivity index is 2.27. The first-order valence-corrected chi connectivity index (χ1v) is 8.21. The van der Waals surface area contributed by atoms with Crippen LogP contribution in [0.3, 0.4) is 0 Å². The van der Waals surface area contributed by atoms with Gasteiger partial charge in [0, 0.05) is 19.6 Å². The zero-order valence-electron chi connectivity index (χ0n) is 14.1. The highest BCUT2D eigenvalue weighted by molar-refractivity contribution is 6.01. The van der Waals surface area contributed by atoms with Gasteiger partial charge in [0.15, 0.2) is 5.78 Å². The van der Waals surface area contributed by atoms with Crippen LogP contribution in [0, 0.1) is 11.8 Å². The predicted molar refractivity (Wildman–Crippen MR) is 89.7 cm³/mol. The van der Waals surface area contributed by atoms with Gasteiger partial charge in [-0.3, -0.25) is 24.0 Å². The number of nitrogen functional groups attached to an aromatic ring is 1. The van der Waals surface area contributed by atoms with Crippen LogP contribution in [0.5, 0.6) is 0 Å². The molecule has 1 aromatic rings. The molecule has 3 N–H and O–H groups in total. The first-order valence-electron chi connectivity index (χ1n) is 8.21. The Morgan fingerprint density at radius 2 is 1.87 bits per heavy atom. The standard InChI is InChI=1S/C16H26N4O3/c1-4-5-20-14(17)13(15(22)18-16(20)23)12(21)9-19-7-10(2)6-11(3)8-19/h10-11H,4-9,17H2,1-3H3,(H,18,22,23)/t10-,11-/m0/s1. The lowest BCUT2D eigenvalue weighted by Crippen LogP contribution is -2.43. The number of ketones is 1. The first kappa shape index (κ1) is 17.5. The molecular formula is C16H26N4O3. The molecule has 2 atom stereocenters. The number of aromatic amines is 1. The van der Waals surface area contributed by atoms with Crippen LogP contribution < -0.4 is 17.0 Å². The second-order valence-corrected chi connectivity index (χ2v) is 6.73. The second kappa shape index (κ2) is 7.12. The van der Waals surface area contributed by atoms with E-state index in [-0.39, 0.29) is 23.7 Å². The van der Waals surface area contributed by atoms with Crippen molar-refractivity contribution in [2.24, 2.45) is 11.8 Å². The summed E-state index contributed by atoms with van der Waals surface area (Å²) >= 11 is 0. The zero-order chi connectivity index (χ0) is 17.1. The molecule has 23 heavy (non-hydrogen) atoms. The summed E-state index contributed by atoms with van der Waals surface area (Å²) in [7, 11) is 0. The van der Waals surface area contributed by atoms with Gasteiger partial charge in [0.2, 0.25) is 0 Å². The molecule has 1 fully saturated rings. The third kappa shape index (κ3) is 3.90. The Hall–Kier alpha value is -1.89. The van der Waals surface area contributed by atoms with E-state index >= 15 is 0 Å². The lowest BCUT2D eigenvalue weighted by atomic mass is 9.91. The molecule has 1 saturated heterocycles. The quantitative estimate of drug-likeness (QED) is 0.777. The maximum Gasteiger partial charge on any atom is 0.329 e. The molecule has 7 heteroatoms. The molecule has 0 radical (unpaired) electrons. The maximum atomic E-state index is 12.6. The summed E-state index contributed by atoms with van der Waals surface area (Å²) in [6.07, 6.45) is 1.83. The molecule has 0 spiro atoms. The van der Waals surface area contributed by atoms with Crippen LogP contribution in [0.4, 0.5) is 5.82 Å². The summed E-state index contributed by atoms with van der Waals surface area (Å²) in [6.45, 7) is 8.43. The number of carbonyl (C=O) groups excluding carboxylic acids is 1. The average molecular weight is 322 g/mol. The minimum absolute atomic E-state index is 0.0243. The summed E-state index contributed by atoms with van der Waals surface area (Å²) in [5, 5.41) is 0. The minimum Gasteiger partial charge on any atom is -0.384 e. The van der Waals surface area contributed by atoms with Gasteiger partial charge in [-0.2, -0.15) is 0 Å². The van der Waals surface area contributed by atoms with Crippen LogP contribution >= 0.6 is 0 Å². The van der Waals surface area contributed by atoms with E-state index in [1.807, 2.05) is 6.92 Å². The Morgan fingerprint density at radius 1 is 1.26 bits per heavy atom. The molecule has 1 aliphatic heterocycles. The SMILES string of the molecule is CCCn1c(N)c(C(=O)CN2C[C@@H](C)C[C@H](C)C2)c(=O)[nH]c1=O. The fraction of sp³-hybridized carbons (Fsp3) is 0.688. The number of rotatable bonds is 5. The summed E-state index contributed by atoms with van der Waals surface area (Å²) < 4.78 is 1.26. The summed E-state index contributed by atoms with van der Waals surface area (Å²) in [5.74, 6) is 0.700. The van der Waals surface area contributed by atoms with Gasteiger partial charge in [-0.1, -0.05) is 20.8 Å². The average Bonchev–Trinajstić information content (AvgIpc) is 2.41. The van der Waals surface area contributed by atoms with E-state index in [2.05, 4.69) is 23.7 Å². The molecule has 0 unspecified atom stereocenters. The van der Waals surface area contributed by atoms with Gasteiger partial charge in [0.25, 0.3) is 5.56 Å². The molecule has 7 nitrogen and oxygen atoms in total. The van der Waals surface area contributed by atoms with Gasteiger partial charge < -0.3 is 5.73 Å². The van der Waals surface area contributed by atoms with Gasteiger partial charge in [-0.25, -0.2) is 4.79 Å². The number of nitrogens with one attached hydrogen (secondary N) is 1. The molecule has 1 aliphatic rings. The van der Waals surface area contributed by atoms with Crippen molar-refractivity contribution in [3.05, 3.63) is 26.4 Å². The minimum atomic E-state index is -0.692. The maximum absolute atomic E-state index is 12.6. The van der Waals surface area contributed by atoms with E-state index in [0.29, 0.717) is 24.8 Å². The number of carbonyl (C=O) groups is 1. The number of piperidine rings is 1. The van der Waals surface area contributed by atoms with Crippen molar-refractivity contribution in [2.45, 2.75) is 40.2 Å². The number of hydrogen-bond donors (Lipinski definition) is 2. The van der Waals surface area contributed by atoms with Crippen LogP contribution in [-0.4, -0.2) is 39.9 Å². The van der Waals surface area contributed by atoms with Crippen molar-refractivity contribution >= 4 is 11.6 Å². The number of likely N-dealkylation sites (tertiary alicyclic amines) is 1. The Bertz CT molecular complexity index is 682. The van der Waals surface area contributed by atoms with Crippen LogP contribution in [0.2, 0.25) is 0 Å². The highest BCUT2D eigenvalue weighted by atomic mass is 16.2.